The minimum atomic E-state index is 0.899. The van der Waals surface area contributed by atoms with Crippen LogP contribution in [-0.2, 0) is 6.54 Å². The zero-order valence-corrected chi connectivity index (χ0v) is 11.5. The van der Waals surface area contributed by atoms with Gasteiger partial charge in [-0.15, -0.1) is 0 Å². The van der Waals surface area contributed by atoms with E-state index in [-0.39, 0.29) is 0 Å². The molecule has 0 aromatic heterocycles. The summed E-state index contributed by atoms with van der Waals surface area (Å²) in [4.78, 5) is 0. The van der Waals surface area contributed by atoms with Gasteiger partial charge in [0, 0.05) is 12.2 Å². The van der Waals surface area contributed by atoms with E-state index in [1.165, 1.54) is 37.7 Å². The Labute approximate surface area is 111 Å². The van der Waals surface area contributed by atoms with Gasteiger partial charge < -0.3 is 11.1 Å². The van der Waals surface area contributed by atoms with Crippen molar-refractivity contribution in [3.63, 3.8) is 0 Å². The van der Waals surface area contributed by atoms with Gasteiger partial charge in [0.1, 0.15) is 0 Å². The van der Waals surface area contributed by atoms with Crippen molar-refractivity contribution in [1.29, 1.82) is 0 Å². The summed E-state index contributed by atoms with van der Waals surface area (Å²) in [5.41, 5.74) is 8.04. The van der Waals surface area contributed by atoms with E-state index in [0.29, 0.717) is 0 Å². The van der Waals surface area contributed by atoms with Crippen LogP contribution in [0.5, 0.6) is 0 Å². The van der Waals surface area contributed by atoms with Crippen molar-refractivity contribution < 1.29 is 0 Å². The van der Waals surface area contributed by atoms with Gasteiger partial charge >= 0.3 is 0 Å². The highest BCUT2D eigenvalue weighted by atomic mass is 14.8. The Hall–Kier alpha value is -1.02. The minimum absolute atomic E-state index is 0.899. The molecule has 0 saturated heterocycles. The first-order valence-corrected chi connectivity index (χ1v) is 7.30. The number of anilines is 1. The molecule has 3 N–H and O–H groups in total. The van der Waals surface area contributed by atoms with Gasteiger partial charge in [0.05, 0.1) is 0 Å². The standard InChI is InChI=1S/C16H26N2/c1-13-6-8-14(9-7-13)10-11-18-12-15-4-2-3-5-16(15)17/h2-5,13-14,18H,6-12,17H2,1H3. The number of nitrogens with one attached hydrogen (secondary N) is 1. The van der Waals surface area contributed by atoms with Crippen molar-refractivity contribution in [2.24, 2.45) is 11.8 Å². The summed E-state index contributed by atoms with van der Waals surface area (Å²) in [5, 5.41) is 3.52. The van der Waals surface area contributed by atoms with Crippen LogP contribution in [-0.4, -0.2) is 6.54 Å². The van der Waals surface area contributed by atoms with Crippen molar-refractivity contribution in [3.05, 3.63) is 29.8 Å². The molecule has 0 atom stereocenters. The number of benzene rings is 1. The topological polar surface area (TPSA) is 38.0 Å². The molecule has 1 aromatic carbocycles. The minimum Gasteiger partial charge on any atom is -0.398 e. The van der Waals surface area contributed by atoms with Gasteiger partial charge in [-0.1, -0.05) is 50.8 Å². The van der Waals surface area contributed by atoms with Gasteiger partial charge in [0.15, 0.2) is 0 Å². The van der Waals surface area contributed by atoms with Gasteiger partial charge in [0.2, 0.25) is 0 Å². The lowest BCUT2D eigenvalue weighted by molar-refractivity contribution is 0.275. The van der Waals surface area contributed by atoms with Crippen LogP contribution in [0.2, 0.25) is 0 Å². The maximum absolute atomic E-state index is 5.92. The maximum Gasteiger partial charge on any atom is 0.0359 e. The predicted molar refractivity (Wildman–Crippen MR) is 78.3 cm³/mol. The van der Waals surface area contributed by atoms with Crippen LogP contribution in [0.3, 0.4) is 0 Å². The zero-order chi connectivity index (χ0) is 12.8. The van der Waals surface area contributed by atoms with E-state index < -0.39 is 0 Å². The lowest BCUT2D eigenvalue weighted by Gasteiger charge is -2.26. The highest BCUT2D eigenvalue weighted by Crippen LogP contribution is 2.29. The third-order valence-electron chi connectivity index (χ3n) is 4.24. The molecule has 0 unspecified atom stereocenters. The number of hydrogen-bond acceptors (Lipinski definition) is 2. The highest BCUT2D eigenvalue weighted by Gasteiger charge is 2.17. The molecule has 100 valence electrons. The fourth-order valence-corrected chi connectivity index (χ4v) is 2.84. The Morgan fingerprint density at radius 3 is 2.61 bits per heavy atom. The molecule has 2 nitrogen and oxygen atoms in total. The summed E-state index contributed by atoms with van der Waals surface area (Å²) < 4.78 is 0. The first-order valence-electron chi connectivity index (χ1n) is 7.30. The molecule has 1 aromatic rings. The Morgan fingerprint density at radius 1 is 1.17 bits per heavy atom. The van der Waals surface area contributed by atoms with E-state index in [1.54, 1.807) is 0 Å². The van der Waals surface area contributed by atoms with Crippen LogP contribution in [0.15, 0.2) is 24.3 Å². The molecule has 0 radical (unpaired) electrons. The first kappa shape index (κ1) is 13.4. The quantitative estimate of drug-likeness (QED) is 0.615. The third kappa shape index (κ3) is 4.02. The lowest BCUT2D eigenvalue weighted by atomic mass is 9.81. The van der Waals surface area contributed by atoms with Gasteiger partial charge in [-0.05, 0) is 36.4 Å². The second-order valence-electron chi connectivity index (χ2n) is 5.79. The lowest BCUT2D eigenvalue weighted by Crippen LogP contribution is -2.21. The van der Waals surface area contributed by atoms with Gasteiger partial charge in [-0.3, -0.25) is 0 Å². The summed E-state index contributed by atoms with van der Waals surface area (Å²) >= 11 is 0. The predicted octanol–water partition coefficient (Wildman–Crippen LogP) is 3.57. The van der Waals surface area contributed by atoms with E-state index >= 15 is 0 Å². The van der Waals surface area contributed by atoms with Crippen LogP contribution >= 0.6 is 0 Å². The number of hydrogen-bond donors (Lipinski definition) is 2. The van der Waals surface area contributed by atoms with Crippen LogP contribution in [0.25, 0.3) is 0 Å². The summed E-state index contributed by atoms with van der Waals surface area (Å²) in [6.45, 7) is 4.40. The monoisotopic (exact) mass is 246 g/mol. The Kier molecular flexibility index (Phi) is 5.06. The highest BCUT2D eigenvalue weighted by molar-refractivity contribution is 5.46. The number of nitrogen functional groups attached to an aromatic ring is 1. The molecule has 1 aliphatic carbocycles. The van der Waals surface area contributed by atoms with Crippen molar-refractivity contribution in [2.45, 2.75) is 45.6 Å². The second-order valence-corrected chi connectivity index (χ2v) is 5.79. The molecule has 0 aliphatic heterocycles. The normalized spacial score (nSPS) is 24.1. The molecule has 2 heteroatoms. The fourth-order valence-electron chi connectivity index (χ4n) is 2.84. The van der Waals surface area contributed by atoms with Crippen LogP contribution < -0.4 is 11.1 Å². The Bertz CT molecular complexity index is 354. The van der Waals surface area contributed by atoms with Gasteiger partial charge in [-0.25, -0.2) is 0 Å². The van der Waals surface area contributed by atoms with Crippen LogP contribution in [0.4, 0.5) is 5.69 Å². The third-order valence-corrected chi connectivity index (χ3v) is 4.24. The van der Waals surface area contributed by atoms with E-state index in [9.17, 15) is 0 Å². The van der Waals surface area contributed by atoms with E-state index in [0.717, 1.165) is 30.6 Å². The first-order chi connectivity index (χ1) is 8.75. The molecule has 1 aliphatic rings. The second kappa shape index (κ2) is 6.79. The number of para-hydroxylation sites is 1. The molecule has 1 fully saturated rings. The average molecular weight is 246 g/mol. The van der Waals surface area contributed by atoms with E-state index in [1.807, 2.05) is 12.1 Å². The van der Waals surface area contributed by atoms with Gasteiger partial charge in [0.25, 0.3) is 0 Å². The van der Waals surface area contributed by atoms with Crippen molar-refractivity contribution in [1.82, 2.24) is 5.32 Å². The van der Waals surface area contributed by atoms with E-state index in [4.69, 9.17) is 5.73 Å². The molecule has 18 heavy (non-hydrogen) atoms. The number of rotatable bonds is 5. The summed E-state index contributed by atoms with van der Waals surface area (Å²) in [5.74, 6) is 1.90. The zero-order valence-electron chi connectivity index (χ0n) is 11.5. The Balaban J connectivity index is 1.63. The summed E-state index contributed by atoms with van der Waals surface area (Å²) in [6, 6.07) is 8.11. The Morgan fingerprint density at radius 2 is 1.89 bits per heavy atom. The van der Waals surface area contributed by atoms with E-state index in [2.05, 4.69) is 24.4 Å². The summed E-state index contributed by atoms with van der Waals surface area (Å²) in [7, 11) is 0. The number of nitrogens with two attached hydrogens (primary N) is 1. The molecule has 1 saturated carbocycles. The van der Waals surface area contributed by atoms with Crippen molar-refractivity contribution in [2.75, 3.05) is 12.3 Å². The maximum atomic E-state index is 5.92. The average Bonchev–Trinajstić information content (AvgIpc) is 2.39. The van der Waals surface area contributed by atoms with Crippen molar-refractivity contribution >= 4 is 5.69 Å². The smallest absolute Gasteiger partial charge is 0.0359 e. The molecule has 0 amide bonds. The molecule has 0 bridgehead atoms. The van der Waals surface area contributed by atoms with Gasteiger partial charge in [-0.2, -0.15) is 0 Å². The molecule has 2 rings (SSSR count). The molecular weight excluding hydrogens is 220 g/mol. The largest absolute Gasteiger partial charge is 0.398 e. The molecule has 0 spiro atoms. The SMILES string of the molecule is CC1CCC(CCNCc2ccccc2N)CC1. The van der Waals surface area contributed by atoms with Crippen molar-refractivity contribution in [3.8, 4) is 0 Å². The van der Waals surface area contributed by atoms with Crippen LogP contribution in [0.1, 0.15) is 44.6 Å². The molecular formula is C16H26N2. The fraction of sp³-hybridized carbons (Fsp3) is 0.625. The summed E-state index contributed by atoms with van der Waals surface area (Å²) in [6.07, 6.45) is 7.03. The molecule has 0 heterocycles. The van der Waals surface area contributed by atoms with Crippen LogP contribution in [0, 0.1) is 11.8 Å².